The molecule has 0 saturated carbocycles. The van der Waals surface area contributed by atoms with Crippen LogP contribution in [0.5, 0.6) is 0 Å². The van der Waals surface area contributed by atoms with Gasteiger partial charge in [-0.25, -0.2) is 4.79 Å². The number of nitrogens with one attached hydrogen (secondary N) is 2. The highest BCUT2D eigenvalue weighted by Gasteiger charge is 2.03. The Hall–Kier alpha value is -2.53. The van der Waals surface area contributed by atoms with Gasteiger partial charge in [0.2, 0.25) is 0 Å². The zero-order chi connectivity index (χ0) is 18.1. The number of rotatable bonds is 8. The normalized spacial score (nSPS) is 10.3. The lowest BCUT2D eigenvalue weighted by Gasteiger charge is -2.09. The fourth-order valence-corrected chi connectivity index (χ4v) is 2.59. The second-order valence-electron chi connectivity index (χ2n) is 5.74. The molecule has 25 heavy (non-hydrogen) atoms. The van der Waals surface area contributed by atoms with Gasteiger partial charge in [0.1, 0.15) is 0 Å². The fraction of sp³-hybridized carbons (Fsp3) is 0.263. The molecule has 0 aliphatic carbocycles. The smallest absolute Gasteiger partial charge is 0.323 e. The Morgan fingerprint density at radius 3 is 2.32 bits per heavy atom. The number of carbonyl (C=O) groups excluding carboxylic acids is 1. The van der Waals surface area contributed by atoms with Crippen LogP contribution < -0.4 is 10.6 Å². The predicted molar refractivity (Wildman–Crippen MR) is 100 cm³/mol. The Bertz CT molecular complexity index is 717. The number of unbranched alkanes of at least 4 members (excludes halogenated alkanes) is 2. The van der Waals surface area contributed by atoms with E-state index in [1.165, 1.54) is 0 Å². The van der Waals surface area contributed by atoms with Crippen molar-refractivity contribution in [1.29, 1.82) is 0 Å². The van der Waals surface area contributed by atoms with Crippen LogP contribution in [0.25, 0.3) is 0 Å². The number of carboxylic acids is 1. The van der Waals surface area contributed by atoms with E-state index in [0.29, 0.717) is 22.8 Å². The average Bonchev–Trinajstić information content (AvgIpc) is 2.55. The molecule has 0 heterocycles. The molecule has 6 heteroatoms. The van der Waals surface area contributed by atoms with Crippen molar-refractivity contribution >= 4 is 35.0 Å². The molecule has 2 aromatic rings. The average molecular weight is 361 g/mol. The predicted octanol–water partition coefficient (Wildman–Crippen LogP) is 5.17. The highest BCUT2D eigenvalue weighted by atomic mass is 35.5. The van der Waals surface area contributed by atoms with Gasteiger partial charge in [-0.05, 0) is 55.2 Å². The van der Waals surface area contributed by atoms with Gasteiger partial charge in [-0.2, -0.15) is 0 Å². The zero-order valence-corrected chi connectivity index (χ0v) is 14.6. The number of hydrogen-bond donors (Lipinski definition) is 3. The van der Waals surface area contributed by atoms with Gasteiger partial charge < -0.3 is 15.7 Å². The molecule has 3 N–H and O–H groups in total. The van der Waals surface area contributed by atoms with Gasteiger partial charge in [-0.3, -0.25) is 4.79 Å². The molecule has 0 aliphatic heterocycles. The van der Waals surface area contributed by atoms with E-state index >= 15 is 0 Å². The minimum Gasteiger partial charge on any atom is -0.481 e. The summed E-state index contributed by atoms with van der Waals surface area (Å²) in [5.41, 5.74) is 2.49. The largest absolute Gasteiger partial charge is 0.481 e. The Morgan fingerprint density at radius 1 is 0.920 bits per heavy atom. The summed E-state index contributed by atoms with van der Waals surface area (Å²) in [5, 5.41) is 14.6. The Kier molecular flexibility index (Phi) is 7.29. The third kappa shape index (κ3) is 7.27. The quantitative estimate of drug-likeness (QED) is 0.568. The number of aryl methyl sites for hydroxylation is 1. The fourth-order valence-electron chi connectivity index (χ4n) is 2.40. The van der Waals surface area contributed by atoms with E-state index in [-0.39, 0.29) is 12.5 Å². The SMILES string of the molecule is O=C(O)CCCCCc1ccc(NC(=O)Nc2cccc(Cl)c2)cc1. The molecule has 2 aromatic carbocycles. The van der Waals surface area contributed by atoms with E-state index in [9.17, 15) is 9.59 Å². The minimum atomic E-state index is -0.744. The first-order chi connectivity index (χ1) is 12.0. The van der Waals surface area contributed by atoms with E-state index in [1.807, 2.05) is 24.3 Å². The van der Waals surface area contributed by atoms with Crippen molar-refractivity contribution in [3.63, 3.8) is 0 Å². The minimum absolute atomic E-state index is 0.227. The van der Waals surface area contributed by atoms with Crippen LogP contribution in [-0.4, -0.2) is 17.1 Å². The van der Waals surface area contributed by atoms with Crippen LogP contribution in [0.1, 0.15) is 31.2 Å². The third-order valence-corrected chi connectivity index (χ3v) is 3.89. The Morgan fingerprint density at radius 2 is 1.64 bits per heavy atom. The van der Waals surface area contributed by atoms with Crippen LogP contribution in [0.15, 0.2) is 48.5 Å². The highest BCUT2D eigenvalue weighted by Crippen LogP contribution is 2.16. The number of hydrogen-bond acceptors (Lipinski definition) is 2. The summed E-state index contributed by atoms with van der Waals surface area (Å²) in [4.78, 5) is 22.4. The molecule has 0 atom stereocenters. The summed E-state index contributed by atoms with van der Waals surface area (Å²) in [6, 6.07) is 14.2. The standard InChI is InChI=1S/C19H21ClN2O3/c20-15-6-4-7-17(13-15)22-19(25)21-16-11-9-14(10-12-16)5-2-1-3-8-18(23)24/h4,6-7,9-13H,1-3,5,8H2,(H,23,24)(H2,21,22,25). The number of anilines is 2. The molecular formula is C19H21ClN2O3. The summed E-state index contributed by atoms with van der Waals surface area (Å²) in [6.45, 7) is 0. The molecular weight excluding hydrogens is 340 g/mol. The highest BCUT2D eigenvalue weighted by molar-refractivity contribution is 6.30. The van der Waals surface area contributed by atoms with Gasteiger partial charge in [0.25, 0.3) is 0 Å². The maximum absolute atomic E-state index is 12.0. The summed E-state index contributed by atoms with van der Waals surface area (Å²) < 4.78 is 0. The summed E-state index contributed by atoms with van der Waals surface area (Å²) in [6.07, 6.45) is 3.68. The van der Waals surface area contributed by atoms with Gasteiger partial charge in [0, 0.05) is 22.8 Å². The second kappa shape index (κ2) is 9.69. The van der Waals surface area contributed by atoms with Crippen molar-refractivity contribution in [3.05, 3.63) is 59.1 Å². The van der Waals surface area contributed by atoms with E-state index in [0.717, 1.165) is 24.8 Å². The number of amides is 2. The lowest BCUT2D eigenvalue weighted by Crippen LogP contribution is -2.19. The number of urea groups is 1. The van der Waals surface area contributed by atoms with Gasteiger partial charge in [0.05, 0.1) is 0 Å². The van der Waals surface area contributed by atoms with E-state index in [2.05, 4.69) is 10.6 Å². The van der Waals surface area contributed by atoms with Crippen LogP contribution in [0.3, 0.4) is 0 Å². The molecule has 0 unspecified atom stereocenters. The van der Waals surface area contributed by atoms with E-state index in [4.69, 9.17) is 16.7 Å². The molecule has 0 aromatic heterocycles. The Balaban J connectivity index is 1.75. The van der Waals surface area contributed by atoms with Gasteiger partial charge in [0.15, 0.2) is 0 Å². The monoisotopic (exact) mass is 360 g/mol. The van der Waals surface area contributed by atoms with Crippen LogP contribution in [0, 0.1) is 0 Å². The molecule has 0 spiro atoms. The molecule has 2 amide bonds. The van der Waals surface area contributed by atoms with Crippen molar-refractivity contribution in [3.8, 4) is 0 Å². The zero-order valence-electron chi connectivity index (χ0n) is 13.8. The molecule has 0 bridgehead atoms. The number of halogens is 1. The van der Waals surface area contributed by atoms with Crippen LogP contribution in [-0.2, 0) is 11.2 Å². The maximum atomic E-state index is 12.0. The number of carbonyl (C=O) groups is 2. The first kappa shape index (κ1) is 18.8. The molecule has 0 saturated heterocycles. The molecule has 132 valence electrons. The first-order valence-corrected chi connectivity index (χ1v) is 8.55. The number of benzene rings is 2. The Labute approximate surface area is 152 Å². The summed E-state index contributed by atoms with van der Waals surface area (Å²) in [5.74, 6) is -0.744. The number of aliphatic carboxylic acids is 1. The number of carboxylic acid groups (broad SMARTS) is 1. The van der Waals surface area contributed by atoms with Gasteiger partial charge in [-0.15, -0.1) is 0 Å². The molecule has 2 rings (SSSR count). The third-order valence-electron chi connectivity index (χ3n) is 3.65. The van der Waals surface area contributed by atoms with Crippen LogP contribution in [0.2, 0.25) is 5.02 Å². The molecule has 5 nitrogen and oxygen atoms in total. The van der Waals surface area contributed by atoms with Crippen LogP contribution in [0.4, 0.5) is 16.2 Å². The van der Waals surface area contributed by atoms with E-state index in [1.54, 1.807) is 24.3 Å². The van der Waals surface area contributed by atoms with E-state index < -0.39 is 5.97 Å². The van der Waals surface area contributed by atoms with Crippen molar-refractivity contribution < 1.29 is 14.7 Å². The summed E-state index contributed by atoms with van der Waals surface area (Å²) in [7, 11) is 0. The van der Waals surface area contributed by atoms with Crippen molar-refractivity contribution in [2.24, 2.45) is 0 Å². The molecule has 0 fully saturated rings. The summed E-state index contributed by atoms with van der Waals surface area (Å²) >= 11 is 5.88. The first-order valence-electron chi connectivity index (χ1n) is 8.17. The van der Waals surface area contributed by atoms with Crippen molar-refractivity contribution in [2.75, 3.05) is 10.6 Å². The lowest BCUT2D eigenvalue weighted by molar-refractivity contribution is -0.137. The van der Waals surface area contributed by atoms with Crippen molar-refractivity contribution in [1.82, 2.24) is 0 Å². The van der Waals surface area contributed by atoms with Gasteiger partial charge >= 0.3 is 12.0 Å². The van der Waals surface area contributed by atoms with Crippen LogP contribution >= 0.6 is 11.6 Å². The topological polar surface area (TPSA) is 78.4 Å². The lowest BCUT2D eigenvalue weighted by atomic mass is 10.1. The maximum Gasteiger partial charge on any atom is 0.323 e. The second-order valence-corrected chi connectivity index (χ2v) is 6.18. The van der Waals surface area contributed by atoms with Gasteiger partial charge in [-0.1, -0.05) is 36.2 Å². The van der Waals surface area contributed by atoms with Crippen molar-refractivity contribution in [2.45, 2.75) is 32.1 Å². The molecule has 0 radical (unpaired) electrons. The molecule has 0 aliphatic rings.